The van der Waals surface area contributed by atoms with Crippen molar-refractivity contribution in [2.45, 2.75) is 19.3 Å². The van der Waals surface area contributed by atoms with Crippen LogP contribution in [-0.2, 0) is 6.42 Å². The van der Waals surface area contributed by atoms with Crippen LogP contribution in [0.15, 0.2) is 18.2 Å². The first-order valence-corrected chi connectivity index (χ1v) is 6.15. The summed E-state index contributed by atoms with van der Waals surface area (Å²) in [6, 6.07) is 5.72. The first kappa shape index (κ1) is 10.5. The summed E-state index contributed by atoms with van der Waals surface area (Å²) in [6.45, 7) is 3.48. The van der Waals surface area contributed by atoms with Gasteiger partial charge in [0.15, 0.2) is 5.65 Å². The van der Waals surface area contributed by atoms with Gasteiger partial charge in [0.05, 0.1) is 0 Å². The number of fused-ring (bicyclic) bond motifs is 1. The summed E-state index contributed by atoms with van der Waals surface area (Å²) >= 11 is 0. The largest absolute Gasteiger partial charge is 0.385 e. The van der Waals surface area contributed by atoms with Crippen molar-refractivity contribution in [1.29, 1.82) is 0 Å². The smallest absolute Gasteiger partial charge is 0.162 e. The van der Waals surface area contributed by atoms with E-state index in [1.807, 2.05) is 22.6 Å². The molecule has 2 aromatic heterocycles. The summed E-state index contributed by atoms with van der Waals surface area (Å²) in [7, 11) is 0. The van der Waals surface area contributed by atoms with Crippen LogP contribution >= 0.6 is 0 Å². The second-order valence-electron chi connectivity index (χ2n) is 4.56. The Labute approximate surface area is 100 Å². The third-order valence-electron chi connectivity index (χ3n) is 3.38. The van der Waals surface area contributed by atoms with E-state index in [1.54, 1.807) is 0 Å². The number of nitrogens with two attached hydrogens (primary N) is 1. The maximum absolute atomic E-state index is 5.95. The average Bonchev–Trinajstić information content (AvgIpc) is 2.95. The van der Waals surface area contributed by atoms with Gasteiger partial charge in [0, 0.05) is 13.0 Å². The minimum atomic E-state index is 0.712. The lowest BCUT2D eigenvalue weighted by Crippen LogP contribution is -2.22. The van der Waals surface area contributed by atoms with Crippen LogP contribution in [0, 0.1) is 0 Å². The highest BCUT2D eigenvalue weighted by molar-refractivity contribution is 5.47. The van der Waals surface area contributed by atoms with Crippen LogP contribution < -0.4 is 5.73 Å². The van der Waals surface area contributed by atoms with Crippen LogP contribution in [0.2, 0.25) is 0 Å². The second kappa shape index (κ2) is 4.33. The van der Waals surface area contributed by atoms with Gasteiger partial charge in [-0.05, 0) is 38.1 Å². The van der Waals surface area contributed by atoms with Crippen LogP contribution in [0.25, 0.3) is 5.65 Å². The van der Waals surface area contributed by atoms with E-state index >= 15 is 0 Å². The number of rotatable bonds is 3. The number of nitrogens with zero attached hydrogens (tertiary/aromatic N) is 4. The van der Waals surface area contributed by atoms with Crippen LogP contribution in [0.4, 0.5) is 5.82 Å². The quantitative estimate of drug-likeness (QED) is 0.854. The van der Waals surface area contributed by atoms with Crippen molar-refractivity contribution >= 4 is 11.5 Å². The van der Waals surface area contributed by atoms with Crippen molar-refractivity contribution in [3.63, 3.8) is 0 Å². The van der Waals surface area contributed by atoms with Gasteiger partial charge >= 0.3 is 0 Å². The second-order valence-corrected chi connectivity index (χ2v) is 4.56. The molecule has 5 heteroatoms. The number of likely N-dealkylation sites (tertiary alicyclic amines) is 1. The first-order valence-electron chi connectivity index (χ1n) is 6.15. The molecule has 0 bridgehead atoms. The van der Waals surface area contributed by atoms with E-state index in [0.717, 1.165) is 24.4 Å². The molecule has 3 heterocycles. The molecule has 1 saturated heterocycles. The molecule has 90 valence electrons. The summed E-state index contributed by atoms with van der Waals surface area (Å²) in [5.41, 5.74) is 6.79. The molecular weight excluding hydrogens is 214 g/mol. The zero-order valence-corrected chi connectivity index (χ0v) is 9.84. The Morgan fingerprint density at radius 1 is 1.18 bits per heavy atom. The Bertz CT molecular complexity index is 513. The molecule has 1 aliphatic heterocycles. The molecule has 0 atom stereocenters. The Balaban J connectivity index is 1.80. The average molecular weight is 231 g/mol. The van der Waals surface area contributed by atoms with Crippen LogP contribution in [0.5, 0.6) is 0 Å². The van der Waals surface area contributed by atoms with Gasteiger partial charge in [-0.3, -0.25) is 4.40 Å². The number of hydrogen-bond donors (Lipinski definition) is 1. The standard InChI is InChI=1S/C12H17N5/c13-10-4-3-5-11-14-15-12(17(10)11)6-9-16-7-1-2-8-16/h3-5H,1-2,6-9,13H2. The number of hydrogen-bond acceptors (Lipinski definition) is 4. The number of nitrogen functional groups attached to an aromatic ring is 1. The fourth-order valence-corrected chi connectivity index (χ4v) is 2.45. The highest BCUT2D eigenvalue weighted by atomic mass is 15.3. The highest BCUT2D eigenvalue weighted by Gasteiger charge is 2.13. The van der Waals surface area contributed by atoms with E-state index in [1.165, 1.54) is 25.9 Å². The predicted octanol–water partition coefficient (Wildman–Crippen LogP) is 0.950. The molecule has 0 spiro atoms. The summed E-state index contributed by atoms with van der Waals surface area (Å²) in [5, 5.41) is 8.36. The molecule has 5 nitrogen and oxygen atoms in total. The molecule has 2 N–H and O–H groups in total. The fourth-order valence-electron chi connectivity index (χ4n) is 2.45. The SMILES string of the molecule is Nc1cccc2nnc(CCN3CCCC3)n12. The molecule has 0 saturated carbocycles. The Hall–Kier alpha value is -1.62. The van der Waals surface area contributed by atoms with Crippen molar-refractivity contribution in [1.82, 2.24) is 19.5 Å². The van der Waals surface area contributed by atoms with Crippen molar-refractivity contribution in [3.8, 4) is 0 Å². The van der Waals surface area contributed by atoms with Gasteiger partial charge in [-0.15, -0.1) is 10.2 Å². The molecule has 0 aliphatic carbocycles. The summed E-state index contributed by atoms with van der Waals surface area (Å²) in [6.07, 6.45) is 3.56. The highest BCUT2D eigenvalue weighted by Crippen LogP contribution is 2.12. The molecule has 17 heavy (non-hydrogen) atoms. The maximum Gasteiger partial charge on any atom is 0.162 e. The molecule has 0 aromatic carbocycles. The topological polar surface area (TPSA) is 59.5 Å². The van der Waals surface area contributed by atoms with Crippen LogP contribution in [0.3, 0.4) is 0 Å². The molecular formula is C12H17N5. The summed E-state index contributed by atoms with van der Waals surface area (Å²) < 4.78 is 1.94. The van der Waals surface area contributed by atoms with E-state index in [0.29, 0.717) is 5.82 Å². The Morgan fingerprint density at radius 2 is 2.00 bits per heavy atom. The normalized spacial score (nSPS) is 16.9. The van der Waals surface area contributed by atoms with Gasteiger partial charge < -0.3 is 10.6 Å². The van der Waals surface area contributed by atoms with E-state index in [-0.39, 0.29) is 0 Å². The van der Waals surface area contributed by atoms with Gasteiger partial charge in [0.1, 0.15) is 11.6 Å². The number of anilines is 1. The number of aromatic nitrogens is 3. The lowest BCUT2D eigenvalue weighted by molar-refractivity contribution is 0.340. The molecule has 2 aromatic rings. The summed E-state index contributed by atoms with van der Waals surface area (Å²) in [4.78, 5) is 2.47. The lowest BCUT2D eigenvalue weighted by atomic mass is 10.3. The third kappa shape index (κ3) is 1.98. The predicted molar refractivity (Wildman–Crippen MR) is 66.8 cm³/mol. The van der Waals surface area contributed by atoms with Crippen molar-refractivity contribution in [2.75, 3.05) is 25.4 Å². The van der Waals surface area contributed by atoms with E-state index in [4.69, 9.17) is 5.73 Å². The molecule has 0 amide bonds. The van der Waals surface area contributed by atoms with E-state index in [2.05, 4.69) is 15.1 Å². The number of pyridine rings is 1. The minimum Gasteiger partial charge on any atom is -0.385 e. The molecule has 1 fully saturated rings. The Morgan fingerprint density at radius 3 is 2.82 bits per heavy atom. The third-order valence-corrected chi connectivity index (χ3v) is 3.38. The van der Waals surface area contributed by atoms with Gasteiger partial charge in [-0.2, -0.15) is 0 Å². The summed E-state index contributed by atoms with van der Waals surface area (Å²) in [5.74, 6) is 1.67. The molecule has 0 radical (unpaired) electrons. The van der Waals surface area contributed by atoms with E-state index < -0.39 is 0 Å². The van der Waals surface area contributed by atoms with Gasteiger partial charge in [0.2, 0.25) is 0 Å². The van der Waals surface area contributed by atoms with Gasteiger partial charge in [0.25, 0.3) is 0 Å². The molecule has 3 rings (SSSR count). The minimum absolute atomic E-state index is 0.712. The van der Waals surface area contributed by atoms with Crippen molar-refractivity contribution in [2.24, 2.45) is 0 Å². The van der Waals surface area contributed by atoms with Gasteiger partial charge in [-0.25, -0.2) is 0 Å². The van der Waals surface area contributed by atoms with Crippen LogP contribution in [0.1, 0.15) is 18.7 Å². The van der Waals surface area contributed by atoms with Crippen LogP contribution in [-0.4, -0.2) is 39.1 Å². The monoisotopic (exact) mass is 231 g/mol. The Kier molecular flexibility index (Phi) is 2.68. The fraction of sp³-hybridized carbons (Fsp3) is 0.500. The van der Waals surface area contributed by atoms with Crippen molar-refractivity contribution in [3.05, 3.63) is 24.0 Å². The molecule has 0 unspecified atom stereocenters. The van der Waals surface area contributed by atoms with Gasteiger partial charge in [-0.1, -0.05) is 6.07 Å². The maximum atomic E-state index is 5.95. The zero-order chi connectivity index (χ0) is 11.7. The lowest BCUT2D eigenvalue weighted by Gasteiger charge is -2.13. The first-order chi connectivity index (χ1) is 8.34. The van der Waals surface area contributed by atoms with E-state index in [9.17, 15) is 0 Å². The van der Waals surface area contributed by atoms with Crippen molar-refractivity contribution < 1.29 is 0 Å². The zero-order valence-electron chi connectivity index (χ0n) is 9.84. The molecule has 1 aliphatic rings.